The van der Waals surface area contributed by atoms with Crippen LogP contribution in [0.2, 0.25) is 0 Å². The lowest BCUT2D eigenvalue weighted by atomic mass is 9.89. The minimum atomic E-state index is -0.409. The molecule has 2 fully saturated rings. The highest BCUT2D eigenvalue weighted by Gasteiger charge is 2.39. The summed E-state index contributed by atoms with van der Waals surface area (Å²) < 4.78 is 0. The molecule has 2 aliphatic rings. The van der Waals surface area contributed by atoms with Gasteiger partial charge in [0, 0.05) is 29.8 Å². The van der Waals surface area contributed by atoms with E-state index >= 15 is 0 Å². The number of amides is 2. The van der Waals surface area contributed by atoms with Crippen molar-refractivity contribution in [2.45, 2.75) is 71.4 Å². The predicted molar refractivity (Wildman–Crippen MR) is 86.9 cm³/mol. The van der Waals surface area contributed by atoms with E-state index in [4.69, 9.17) is 5.73 Å². The van der Waals surface area contributed by atoms with Crippen LogP contribution < -0.4 is 11.1 Å². The standard InChI is InChI=1S/C17H29N3O2/c1-17(2,3)14(18)11-15(21)19-16(22)13-9-10-20(13)12-7-5-4-6-8-12/h11-13H,4-10,18H2,1-3H3,(H,19,21,22)/t13-/m0/s1. The summed E-state index contributed by atoms with van der Waals surface area (Å²) in [5, 5.41) is 2.48. The summed E-state index contributed by atoms with van der Waals surface area (Å²) in [5.41, 5.74) is 6.08. The summed E-state index contributed by atoms with van der Waals surface area (Å²) in [6.07, 6.45) is 8.33. The van der Waals surface area contributed by atoms with Gasteiger partial charge in [0.05, 0.1) is 6.04 Å². The highest BCUT2D eigenvalue weighted by Crippen LogP contribution is 2.30. The van der Waals surface area contributed by atoms with Gasteiger partial charge in [-0.15, -0.1) is 0 Å². The average molecular weight is 307 g/mol. The molecule has 2 rings (SSSR count). The van der Waals surface area contributed by atoms with Crippen LogP contribution in [0, 0.1) is 5.41 Å². The Balaban J connectivity index is 1.88. The molecular weight excluding hydrogens is 278 g/mol. The van der Waals surface area contributed by atoms with Gasteiger partial charge in [0.15, 0.2) is 0 Å². The third-order valence-electron chi connectivity index (χ3n) is 4.81. The van der Waals surface area contributed by atoms with E-state index < -0.39 is 5.91 Å². The lowest BCUT2D eigenvalue weighted by Crippen LogP contribution is -2.60. The normalized spacial score (nSPS) is 24.7. The van der Waals surface area contributed by atoms with E-state index in [9.17, 15) is 9.59 Å². The van der Waals surface area contributed by atoms with Crippen molar-refractivity contribution in [1.82, 2.24) is 10.2 Å². The molecule has 0 bridgehead atoms. The topological polar surface area (TPSA) is 75.4 Å². The van der Waals surface area contributed by atoms with E-state index in [-0.39, 0.29) is 17.4 Å². The number of nitrogens with zero attached hydrogens (tertiary/aromatic N) is 1. The Bertz CT molecular complexity index is 459. The summed E-state index contributed by atoms with van der Waals surface area (Å²) in [6.45, 7) is 6.77. The van der Waals surface area contributed by atoms with E-state index in [2.05, 4.69) is 10.2 Å². The molecule has 1 aliphatic carbocycles. The molecular formula is C17H29N3O2. The minimum absolute atomic E-state index is 0.142. The fourth-order valence-corrected chi connectivity index (χ4v) is 3.14. The second-order valence-corrected chi connectivity index (χ2v) is 7.54. The van der Waals surface area contributed by atoms with Gasteiger partial charge >= 0.3 is 0 Å². The number of hydrogen-bond donors (Lipinski definition) is 2. The average Bonchev–Trinajstić information content (AvgIpc) is 2.37. The zero-order valence-corrected chi connectivity index (χ0v) is 14.0. The fourth-order valence-electron chi connectivity index (χ4n) is 3.14. The molecule has 1 atom stereocenters. The Kier molecular flexibility index (Phi) is 5.27. The maximum Gasteiger partial charge on any atom is 0.252 e. The smallest absolute Gasteiger partial charge is 0.252 e. The summed E-state index contributed by atoms with van der Waals surface area (Å²) in [6, 6.07) is 0.375. The quantitative estimate of drug-likeness (QED) is 0.781. The first kappa shape index (κ1) is 17.0. The largest absolute Gasteiger partial charge is 0.401 e. The highest BCUT2D eigenvalue weighted by molar-refractivity contribution is 6.03. The lowest BCUT2D eigenvalue weighted by molar-refractivity contribution is -0.137. The van der Waals surface area contributed by atoms with Gasteiger partial charge in [0.2, 0.25) is 5.91 Å². The van der Waals surface area contributed by atoms with Crippen LogP contribution >= 0.6 is 0 Å². The number of carbonyl (C=O) groups excluding carboxylic acids is 2. The molecule has 1 heterocycles. The Morgan fingerprint density at radius 1 is 1.14 bits per heavy atom. The van der Waals surface area contributed by atoms with Crippen LogP contribution in [0.1, 0.15) is 59.3 Å². The SMILES string of the molecule is CC(C)(C)C(N)=CC(=O)NC(=O)[C@@H]1CCN1C1CCCCC1. The maximum atomic E-state index is 12.3. The molecule has 0 unspecified atom stereocenters. The second-order valence-electron chi connectivity index (χ2n) is 7.54. The van der Waals surface area contributed by atoms with Crippen LogP contribution in [0.3, 0.4) is 0 Å². The maximum absolute atomic E-state index is 12.3. The van der Waals surface area contributed by atoms with Gasteiger partial charge in [0.1, 0.15) is 0 Å². The zero-order valence-electron chi connectivity index (χ0n) is 14.0. The van der Waals surface area contributed by atoms with Gasteiger partial charge in [-0.25, -0.2) is 0 Å². The van der Waals surface area contributed by atoms with Crippen molar-refractivity contribution < 1.29 is 9.59 Å². The van der Waals surface area contributed by atoms with E-state index in [1.165, 1.54) is 38.2 Å². The molecule has 1 aliphatic heterocycles. The monoisotopic (exact) mass is 307 g/mol. The first-order chi connectivity index (χ1) is 10.3. The molecule has 5 heteroatoms. The summed E-state index contributed by atoms with van der Waals surface area (Å²) in [7, 11) is 0. The van der Waals surface area contributed by atoms with Crippen molar-refractivity contribution in [1.29, 1.82) is 0 Å². The Hall–Kier alpha value is -1.36. The lowest BCUT2D eigenvalue weighted by Gasteiger charge is -2.46. The fraction of sp³-hybridized carbons (Fsp3) is 0.765. The first-order valence-electron chi connectivity index (χ1n) is 8.37. The van der Waals surface area contributed by atoms with Crippen LogP contribution in [0.4, 0.5) is 0 Å². The number of nitrogens with one attached hydrogen (secondary N) is 1. The van der Waals surface area contributed by atoms with Crippen LogP contribution in [0.5, 0.6) is 0 Å². The number of nitrogens with two attached hydrogens (primary N) is 1. The van der Waals surface area contributed by atoms with E-state index in [0.29, 0.717) is 11.7 Å². The number of imide groups is 1. The summed E-state index contributed by atoms with van der Waals surface area (Å²) in [4.78, 5) is 26.5. The van der Waals surface area contributed by atoms with E-state index in [0.717, 1.165) is 13.0 Å². The van der Waals surface area contributed by atoms with Crippen molar-refractivity contribution in [2.75, 3.05) is 6.54 Å². The Morgan fingerprint density at radius 2 is 1.77 bits per heavy atom. The molecule has 3 N–H and O–H groups in total. The molecule has 2 amide bonds. The van der Waals surface area contributed by atoms with Crippen molar-refractivity contribution in [3.05, 3.63) is 11.8 Å². The van der Waals surface area contributed by atoms with E-state index in [1.54, 1.807) is 0 Å². The number of hydrogen-bond acceptors (Lipinski definition) is 4. The molecule has 22 heavy (non-hydrogen) atoms. The summed E-state index contributed by atoms with van der Waals surface area (Å²) in [5.74, 6) is -0.590. The molecule has 1 saturated heterocycles. The molecule has 0 aromatic carbocycles. The molecule has 1 saturated carbocycles. The molecule has 124 valence electrons. The molecule has 0 aromatic heterocycles. The van der Waals surface area contributed by atoms with Crippen molar-refractivity contribution in [3.63, 3.8) is 0 Å². The van der Waals surface area contributed by atoms with Crippen molar-refractivity contribution in [2.24, 2.45) is 11.1 Å². The molecule has 0 spiro atoms. The Labute approximate surface area is 133 Å². The highest BCUT2D eigenvalue weighted by atomic mass is 16.2. The molecule has 0 aromatic rings. The van der Waals surface area contributed by atoms with Gasteiger partial charge in [-0.3, -0.25) is 19.8 Å². The predicted octanol–water partition coefficient (Wildman–Crippen LogP) is 1.92. The van der Waals surface area contributed by atoms with Crippen LogP contribution in [0.25, 0.3) is 0 Å². The number of likely N-dealkylation sites (tertiary alicyclic amines) is 1. The van der Waals surface area contributed by atoms with Gasteiger partial charge in [0.25, 0.3) is 5.91 Å². The first-order valence-corrected chi connectivity index (χ1v) is 8.37. The van der Waals surface area contributed by atoms with Gasteiger partial charge in [-0.1, -0.05) is 40.0 Å². The third kappa shape index (κ3) is 4.09. The van der Waals surface area contributed by atoms with Crippen molar-refractivity contribution >= 4 is 11.8 Å². The van der Waals surface area contributed by atoms with Gasteiger partial charge < -0.3 is 5.73 Å². The van der Waals surface area contributed by atoms with E-state index in [1.807, 2.05) is 20.8 Å². The van der Waals surface area contributed by atoms with Crippen molar-refractivity contribution in [3.8, 4) is 0 Å². The van der Waals surface area contributed by atoms with Crippen LogP contribution in [-0.4, -0.2) is 35.3 Å². The number of allylic oxidation sites excluding steroid dienone is 1. The molecule has 5 nitrogen and oxygen atoms in total. The van der Waals surface area contributed by atoms with Crippen LogP contribution in [0.15, 0.2) is 11.8 Å². The second kappa shape index (κ2) is 6.82. The number of rotatable bonds is 3. The summed E-state index contributed by atoms with van der Waals surface area (Å²) >= 11 is 0. The van der Waals surface area contributed by atoms with Gasteiger partial charge in [-0.05, 0) is 19.3 Å². The van der Waals surface area contributed by atoms with Crippen LogP contribution in [-0.2, 0) is 9.59 Å². The molecule has 0 radical (unpaired) electrons. The number of carbonyl (C=O) groups is 2. The van der Waals surface area contributed by atoms with Gasteiger partial charge in [-0.2, -0.15) is 0 Å². The Morgan fingerprint density at radius 3 is 2.27 bits per heavy atom. The third-order valence-corrected chi connectivity index (χ3v) is 4.81. The zero-order chi connectivity index (χ0) is 16.3. The minimum Gasteiger partial charge on any atom is -0.401 e.